The first-order valence-electron chi connectivity index (χ1n) is 5.87. The fraction of sp³-hybridized carbons (Fsp3) is 0.133. The molecule has 1 aromatic heterocycles. The van der Waals surface area contributed by atoms with Crippen molar-refractivity contribution in [1.82, 2.24) is 9.78 Å². The van der Waals surface area contributed by atoms with Gasteiger partial charge in [-0.2, -0.15) is 5.10 Å². The predicted molar refractivity (Wildman–Crippen MR) is 77.6 cm³/mol. The number of fused-ring (bicyclic) bond motifs is 1. The van der Waals surface area contributed by atoms with Crippen molar-refractivity contribution >= 4 is 22.7 Å². The summed E-state index contributed by atoms with van der Waals surface area (Å²) in [5, 5.41) is 5.78. The van der Waals surface area contributed by atoms with Crippen LogP contribution in [0.5, 0.6) is 0 Å². The van der Waals surface area contributed by atoms with E-state index in [1.165, 1.54) is 15.8 Å². The third-order valence-corrected chi connectivity index (χ3v) is 3.74. The molecule has 2 aromatic carbocycles. The second-order valence-corrected chi connectivity index (χ2v) is 5.21. The molecular formula is C15H14N2S. The lowest BCUT2D eigenvalue weighted by Gasteiger charge is -2.01. The van der Waals surface area contributed by atoms with Crippen LogP contribution >= 0.6 is 11.8 Å². The van der Waals surface area contributed by atoms with Crippen LogP contribution in [0.3, 0.4) is 0 Å². The molecule has 18 heavy (non-hydrogen) atoms. The second-order valence-electron chi connectivity index (χ2n) is 4.33. The van der Waals surface area contributed by atoms with Gasteiger partial charge in [0.1, 0.15) is 0 Å². The van der Waals surface area contributed by atoms with Crippen LogP contribution in [0, 0.1) is 6.92 Å². The molecule has 3 rings (SSSR count). The highest BCUT2D eigenvalue weighted by atomic mass is 32.2. The molecule has 0 atom stereocenters. The third kappa shape index (κ3) is 2.02. The summed E-state index contributed by atoms with van der Waals surface area (Å²) in [5.41, 5.74) is 3.39. The number of nitrogens with zero attached hydrogens (tertiary/aromatic N) is 2. The zero-order chi connectivity index (χ0) is 12.5. The summed E-state index contributed by atoms with van der Waals surface area (Å²) in [6.45, 7) is 2.09. The Morgan fingerprint density at radius 2 is 1.83 bits per heavy atom. The molecule has 0 unspecified atom stereocenters. The topological polar surface area (TPSA) is 17.8 Å². The van der Waals surface area contributed by atoms with E-state index in [4.69, 9.17) is 0 Å². The molecule has 3 heteroatoms. The summed E-state index contributed by atoms with van der Waals surface area (Å²) >= 11 is 1.75. The van der Waals surface area contributed by atoms with Crippen LogP contribution in [0.15, 0.2) is 53.6 Å². The number of aromatic nitrogens is 2. The van der Waals surface area contributed by atoms with Crippen molar-refractivity contribution in [3.8, 4) is 5.69 Å². The molecule has 0 aliphatic heterocycles. The molecule has 0 aliphatic rings. The fourth-order valence-corrected chi connectivity index (χ4v) is 2.40. The van der Waals surface area contributed by atoms with Gasteiger partial charge >= 0.3 is 0 Å². The number of aryl methyl sites for hydroxylation is 1. The monoisotopic (exact) mass is 254 g/mol. The summed E-state index contributed by atoms with van der Waals surface area (Å²) in [7, 11) is 0. The summed E-state index contributed by atoms with van der Waals surface area (Å²) in [4.78, 5) is 1.27. The van der Waals surface area contributed by atoms with Crippen molar-refractivity contribution in [3.63, 3.8) is 0 Å². The molecular weight excluding hydrogens is 240 g/mol. The van der Waals surface area contributed by atoms with Crippen molar-refractivity contribution in [2.24, 2.45) is 0 Å². The van der Waals surface area contributed by atoms with Crippen molar-refractivity contribution in [2.45, 2.75) is 11.8 Å². The fourth-order valence-electron chi connectivity index (χ4n) is 1.99. The maximum Gasteiger partial charge on any atom is 0.0930 e. The Morgan fingerprint density at radius 3 is 2.56 bits per heavy atom. The Balaban J connectivity index is 2.07. The van der Waals surface area contributed by atoms with Crippen molar-refractivity contribution in [3.05, 3.63) is 54.2 Å². The smallest absolute Gasteiger partial charge is 0.0930 e. The molecule has 2 nitrogen and oxygen atoms in total. The van der Waals surface area contributed by atoms with Crippen molar-refractivity contribution in [1.29, 1.82) is 0 Å². The van der Waals surface area contributed by atoms with E-state index in [2.05, 4.69) is 66.9 Å². The van der Waals surface area contributed by atoms with Crippen LogP contribution in [0.25, 0.3) is 16.6 Å². The minimum absolute atomic E-state index is 1.05. The highest BCUT2D eigenvalue weighted by Crippen LogP contribution is 2.20. The number of benzene rings is 2. The van der Waals surface area contributed by atoms with E-state index in [0.29, 0.717) is 0 Å². The number of thioether (sulfide) groups is 1. The minimum atomic E-state index is 1.05. The largest absolute Gasteiger partial charge is 0.240 e. The van der Waals surface area contributed by atoms with Crippen molar-refractivity contribution in [2.75, 3.05) is 6.26 Å². The van der Waals surface area contributed by atoms with E-state index in [-0.39, 0.29) is 0 Å². The summed E-state index contributed by atoms with van der Waals surface area (Å²) in [5.74, 6) is 0. The lowest BCUT2D eigenvalue weighted by Crippen LogP contribution is -1.93. The van der Waals surface area contributed by atoms with E-state index in [1.807, 2.05) is 4.68 Å². The van der Waals surface area contributed by atoms with Gasteiger partial charge in [-0.3, -0.25) is 0 Å². The van der Waals surface area contributed by atoms with Crippen LogP contribution in [0.1, 0.15) is 5.56 Å². The van der Waals surface area contributed by atoms with Gasteiger partial charge in [-0.15, -0.1) is 11.8 Å². The Labute approximate surface area is 111 Å². The lowest BCUT2D eigenvalue weighted by atomic mass is 10.2. The van der Waals surface area contributed by atoms with Gasteiger partial charge in [0.2, 0.25) is 0 Å². The van der Waals surface area contributed by atoms with Gasteiger partial charge in [0.05, 0.1) is 11.2 Å². The Bertz CT molecular complexity index is 683. The highest BCUT2D eigenvalue weighted by Gasteiger charge is 2.02. The number of rotatable bonds is 2. The maximum absolute atomic E-state index is 4.61. The first kappa shape index (κ1) is 11.4. The molecule has 0 N–H and O–H groups in total. The van der Waals surface area contributed by atoms with E-state index < -0.39 is 0 Å². The SMILES string of the molecule is CSc1ccc(-n2cc3ccc(C)cc3n2)cc1. The molecule has 1 heterocycles. The van der Waals surface area contributed by atoms with Crippen LogP contribution in [0.4, 0.5) is 0 Å². The zero-order valence-corrected chi connectivity index (χ0v) is 11.2. The molecule has 3 aromatic rings. The molecule has 0 saturated carbocycles. The minimum Gasteiger partial charge on any atom is -0.240 e. The Hall–Kier alpha value is -1.74. The van der Waals surface area contributed by atoms with Gasteiger partial charge < -0.3 is 0 Å². The van der Waals surface area contributed by atoms with Gasteiger partial charge in [-0.25, -0.2) is 4.68 Å². The molecule has 0 fully saturated rings. The zero-order valence-electron chi connectivity index (χ0n) is 10.4. The second kappa shape index (κ2) is 4.50. The van der Waals surface area contributed by atoms with Gasteiger partial charge in [0.25, 0.3) is 0 Å². The Kier molecular flexibility index (Phi) is 2.84. The molecule has 90 valence electrons. The third-order valence-electron chi connectivity index (χ3n) is 3.00. The first-order valence-corrected chi connectivity index (χ1v) is 7.09. The maximum atomic E-state index is 4.61. The van der Waals surface area contributed by atoms with E-state index in [0.717, 1.165) is 11.2 Å². The van der Waals surface area contributed by atoms with E-state index >= 15 is 0 Å². The lowest BCUT2D eigenvalue weighted by molar-refractivity contribution is 0.894. The molecule has 0 saturated heterocycles. The summed E-state index contributed by atoms with van der Waals surface area (Å²) in [6.07, 6.45) is 4.16. The van der Waals surface area contributed by atoms with Crippen molar-refractivity contribution < 1.29 is 0 Å². The van der Waals surface area contributed by atoms with Crippen LogP contribution in [0.2, 0.25) is 0 Å². The Morgan fingerprint density at radius 1 is 1.06 bits per heavy atom. The van der Waals surface area contributed by atoms with Crippen LogP contribution in [-0.2, 0) is 0 Å². The average molecular weight is 254 g/mol. The number of hydrogen-bond acceptors (Lipinski definition) is 2. The van der Waals surface area contributed by atoms with Crippen LogP contribution in [-0.4, -0.2) is 16.0 Å². The normalized spacial score (nSPS) is 11.0. The number of hydrogen-bond donors (Lipinski definition) is 0. The first-order chi connectivity index (χ1) is 8.76. The molecule has 0 amide bonds. The highest BCUT2D eigenvalue weighted by molar-refractivity contribution is 7.98. The molecule has 0 bridgehead atoms. The van der Waals surface area contributed by atoms with E-state index in [1.54, 1.807) is 11.8 Å². The van der Waals surface area contributed by atoms with E-state index in [9.17, 15) is 0 Å². The van der Waals surface area contributed by atoms with Gasteiger partial charge in [-0.05, 0) is 49.1 Å². The van der Waals surface area contributed by atoms with Gasteiger partial charge in [0, 0.05) is 16.5 Å². The molecule has 0 spiro atoms. The van der Waals surface area contributed by atoms with Crippen LogP contribution < -0.4 is 0 Å². The summed E-state index contributed by atoms with van der Waals surface area (Å²) in [6, 6.07) is 14.8. The molecule has 0 aliphatic carbocycles. The van der Waals surface area contributed by atoms with Gasteiger partial charge in [0.15, 0.2) is 0 Å². The predicted octanol–water partition coefficient (Wildman–Crippen LogP) is 4.06. The average Bonchev–Trinajstić information content (AvgIpc) is 2.81. The summed E-state index contributed by atoms with van der Waals surface area (Å²) < 4.78 is 1.94. The van der Waals surface area contributed by atoms with Gasteiger partial charge in [-0.1, -0.05) is 12.1 Å². The quantitative estimate of drug-likeness (QED) is 0.642. The molecule has 0 radical (unpaired) electrons. The standard InChI is InChI=1S/C15H14N2S/c1-11-3-4-12-10-17(16-15(12)9-11)13-5-7-14(18-2)8-6-13/h3-10H,1-2H3.